The highest BCUT2D eigenvalue weighted by atomic mass is 79.9. The van der Waals surface area contributed by atoms with Crippen molar-refractivity contribution in [1.82, 2.24) is 9.78 Å². The lowest BCUT2D eigenvalue weighted by Gasteiger charge is -2.01. The van der Waals surface area contributed by atoms with Gasteiger partial charge in [0.15, 0.2) is 5.75 Å². The number of halogens is 1. The number of rotatable bonds is 4. The summed E-state index contributed by atoms with van der Waals surface area (Å²) in [7, 11) is 0. The summed E-state index contributed by atoms with van der Waals surface area (Å²) in [6.07, 6.45) is 3.65. The van der Waals surface area contributed by atoms with Crippen molar-refractivity contribution in [2.24, 2.45) is 0 Å². The van der Waals surface area contributed by atoms with Crippen LogP contribution in [0, 0.1) is 0 Å². The third-order valence-corrected chi connectivity index (χ3v) is 2.71. The van der Waals surface area contributed by atoms with Crippen LogP contribution in [0.25, 0.3) is 0 Å². The summed E-state index contributed by atoms with van der Waals surface area (Å²) in [5.74, 6) is 0.819. The molecular formula is C12H13BrN2O. The Morgan fingerprint density at radius 2 is 2.06 bits per heavy atom. The molecule has 3 nitrogen and oxygen atoms in total. The van der Waals surface area contributed by atoms with Crippen LogP contribution in [-0.4, -0.2) is 16.4 Å². The van der Waals surface area contributed by atoms with Crippen molar-refractivity contribution in [2.45, 2.75) is 13.5 Å². The molecule has 0 N–H and O–H groups in total. The van der Waals surface area contributed by atoms with Gasteiger partial charge in [-0.05, 0) is 24.6 Å². The smallest absolute Gasteiger partial charge is 0.157 e. The summed E-state index contributed by atoms with van der Waals surface area (Å²) >= 11 is 3.41. The monoisotopic (exact) mass is 280 g/mol. The number of aromatic nitrogens is 2. The second kappa shape index (κ2) is 5.16. The number of ether oxygens (including phenoxy) is 1. The molecule has 16 heavy (non-hydrogen) atoms. The van der Waals surface area contributed by atoms with Crippen LogP contribution >= 0.6 is 15.9 Å². The van der Waals surface area contributed by atoms with Crippen LogP contribution in [0.2, 0.25) is 0 Å². The van der Waals surface area contributed by atoms with Crippen LogP contribution in [0.15, 0.2) is 41.1 Å². The normalized spacial score (nSPS) is 10.4. The molecular weight excluding hydrogens is 268 g/mol. The van der Waals surface area contributed by atoms with Gasteiger partial charge in [-0.2, -0.15) is 5.10 Å². The predicted octanol–water partition coefficient (Wildman–Crippen LogP) is 3.09. The molecule has 0 radical (unpaired) electrons. The summed E-state index contributed by atoms with van der Waals surface area (Å²) in [5.41, 5.74) is 1.22. The summed E-state index contributed by atoms with van der Waals surface area (Å²) in [4.78, 5) is 0. The van der Waals surface area contributed by atoms with E-state index >= 15 is 0 Å². The highest BCUT2D eigenvalue weighted by Gasteiger charge is 1.99. The van der Waals surface area contributed by atoms with E-state index in [0.717, 1.165) is 16.8 Å². The molecule has 0 saturated heterocycles. The first kappa shape index (κ1) is 11.2. The van der Waals surface area contributed by atoms with E-state index in [1.807, 2.05) is 29.9 Å². The number of nitrogens with zero attached hydrogens (tertiary/aromatic N) is 2. The first-order valence-corrected chi connectivity index (χ1v) is 5.97. The van der Waals surface area contributed by atoms with E-state index in [2.05, 4.69) is 33.2 Å². The number of hydrogen-bond acceptors (Lipinski definition) is 2. The zero-order valence-corrected chi connectivity index (χ0v) is 10.6. The average molecular weight is 281 g/mol. The van der Waals surface area contributed by atoms with Gasteiger partial charge in [0.25, 0.3) is 0 Å². The molecule has 0 atom stereocenters. The lowest BCUT2D eigenvalue weighted by molar-refractivity contribution is 0.340. The van der Waals surface area contributed by atoms with Crippen molar-refractivity contribution < 1.29 is 4.74 Å². The molecule has 0 spiro atoms. The molecule has 2 rings (SSSR count). The van der Waals surface area contributed by atoms with Gasteiger partial charge >= 0.3 is 0 Å². The maximum Gasteiger partial charge on any atom is 0.157 e. The van der Waals surface area contributed by atoms with Crippen LogP contribution in [-0.2, 0) is 6.54 Å². The lowest BCUT2D eigenvalue weighted by atomic mass is 10.2. The van der Waals surface area contributed by atoms with Crippen molar-refractivity contribution in [3.8, 4) is 5.75 Å². The van der Waals surface area contributed by atoms with E-state index in [1.54, 1.807) is 6.20 Å². The number of hydrogen-bond donors (Lipinski definition) is 0. The highest BCUT2D eigenvalue weighted by Crippen LogP contribution is 2.13. The summed E-state index contributed by atoms with van der Waals surface area (Å²) in [6, 6.07) is 8.21. The molecule has 0 saturated carbocycles. The van der Waals surface area contributed by atoms with Gasteiger partial charge in [-0.15, -0.1) is 0 Å². The Labute approximate surface area is 103 Å². The summed E-state index contributed by atoms with van der Waals surface area (Å²) in [6.45, 7) is 3.40. The predicted molar refractivity (Wildman–Crippen MR) is 66.6 cm³/mol. The van der Waals surface area contributed by atoms with Crippen LogP contribution < -0.4 is 4.74 Å². The van der Waals surface area contributed by atoms with E-state index < -0.39 is 0 Å². The Balaban J connectivity index is 2.05. The molecule has 4 heteroatoms. The molecule has 1 heterocycles. The minimum Gasteiger partial charge on any atom is -0.491 e. The van der Waals surface area contributed by atoms with Gasteiger partial charge < -0.3 is 4.74 Å². The fourth-order valence-electron chi connectivity index (χ4n) is 1.45. The van der Waals surface area contributed by atoms with Gasteiger partial charge in [0.1, 0.15) is 0 Å². The second-order valence-corrected chi connectivity index (χ2v) is 4.35. The van der Waals surface area contributed by atoms with Gasteiger partial charge in [0.05, 0.1) is 25.5 Å². The van der Waals surface area contributed by atoms with Crippen LogP contribution in [0.3, 0.4) is 0 Å². The topological polar surface area (TPSA) is 27.1 Å². The summed E-state index contributed by atoms with van der Waals surface area (Å²) in [5, 5.41) is 4.23. The van der Waals surface area contributed by atoms with Gasteiger partial charge in [-0.1, -0.05) is 28.1 Å². The largest absolute Gasteiger partial charge is 0.491 e. The summed E-state index contributed by atoms with van der Waals surface area (Å²) < 4.78 is 8.31. The number of benzene rings is 1. The minimum absolute atomic E-state index is 0.671. The Hall–Kier alpha value is -1.29. The van der Waals surface area contributed by atoms with Gasteiger partial charge in [0, 0.05) is 4.47 Å². The van der Waals surface area contributed by atoms with Crippen LogP contribution in [0.1, 0.15) is 12.5 Å². The van der Waals surface area contributed by atoms with E-state index in [4.69, 9.17) is 4.74 Å². The van der Waals surface area contributed by atoms with Gasteiger partial charge in [-0.3, -0.25) is 4.68 Å². The fraction of sp³-hybridized carbons (Fsp3) is 0.250. The van der Waals surface area contributed by atoms with E-state index in [1.165, 1.54) is 5.56 Å². The van der Waals surface area contributed by atoms with Crippen molar-refractivity contribution in [2.75, 3.05) is 6.61 Å². The van der Waals surface area contributed by atoms with E-state index in [0.29, 0.717) is 6.61 Å². The van der Waals surface area contributed by atoms with E-state index in [-0.39, 0.29) is 0 Å². The molecule has 0 aliphatic heterocycles. The average Bonchev–Trinajstić information content (AvgIpc) is 2.70. The van der Waals surface area contributed by atoms with Crippen LogP contribution in [0.4, 0.5) is 0 Å². The molecule has 1 aromatic carbocycles. The zero-order chi connectivity index (χ0) is 11.4. The van der Waals surface area contributed by atoms with Gasteiger partial charge in [0.2, 0.25) is 0 Å². The fourth-order valence-corrected chi connectivity index (χ4v) is 1.71. The molecule has 0 unspecified atom stereocenters. The Morgan fingerprint density at radius 1 is 1.31 bits per heavy atom. The van der Waals surface area contributed by atoms with Crippen LogP contribution in [0.5, 0.6) is 5.75 Å². The van der Waals surface area contributed by atoms with Crippen molar-refractivity contribution in [3.05, 3.63) is 46.7 Å². The van der Waals surface area contributed by atoms with Crippen molar-refractivity contribution >= 4 is 15.9 Å². The zero-order valence-electron chi connectivity index (χ0n) is 9.06. The minimum atomic E-state index is 0.671. The maximum atomic E-state index is 5.35. The molecule has 0 bridgehead atoms. The second-order valence-electron chi connectivity index (χ2n) is 3.43. The molecule has 0 fully saturated rings. The van der Waals surface area contributed by atoms with Gasteiger partial charge in [-0.25, -0.2) is 0 Å². The molecule has 0 amide bonds. The molecule has 0 aliphatic carbocycles. The van der Waals surface area contributed by atoms with E-state index in [9.17, 15) is 0 Å². The third-order valence-electron chi connectivity index (χ3n) is 2.18. The first-order chi connectivity index (χ1) is 7.78. The highest BCUT2D eigenvalue weighted by molar-refractivity contribution is 9.10. The Bertz CT molecular complexity index is 450. The SMILES string of the molecule is CCOc1cnn(Cc2ccc(Br)cc2)c1. The Kier molecular flexibility index (Phi) is 3.62. The standard InChI is InChI=1S/C12H13BrN2O/c1-2-16-12-7-14-15(9-12)8-10-3-5-11(13)6-4-10/h3-7,9H,2,8H2,1H3. The molecule has 2 aromatic rings. The molecule has 1 aromatic heterocycles. The maximum absolute atomic E-state index is 5.35. The Morgan fingerprint density at radius 3 is 2.75 bits per heavy atom. The molecule has 84 valence electrons. The van der Waals surface area contributed by atoms with Crippen molar-refractivity contribution in [3.63, 3.8) is 0 Å². The third kappa shape index (κ3) is 2.85. The quantitative estimate of drug-likeness (QED) is 0.861. The lowest BCUT2D eigenvalue weighted by Crippen LogP contribution is -1.99. The first-order valence-electron chi connectivity index (χ1n) is 5.17. The molecule has 0 aliphatic rings. The van der Waals surface area contributed by atoms with Crippen molar-refractivity contribution in [1.29, 1.82) is 0 Å².